The lowest BCUT2D eigenvalue weighted by molar-refractivity contribution is 0.380. The first-order chi connectivity index (χ1) is 9.30. The Morgan fingerprint density at radius 3 is 2.14 bits per heavy atom. The van der Waals surface area contributed by atoms with Gasteiger partial charge in [-0.3, -0.25) is 0 Å². The van der Waals surface area contributed by atoms with Crippen LogP contribution in [-0.2, 0) is 20.6 Å². The van der Waals surface area contributed by atoms with Crippen molar-refractivity contribution in [3.8, 4) is 5.75 Å². The summed E-state index contributed by atoms with van der Waals surface area (Å²) in [6, 6.07) is 3.13. The minimum absolute atomic E-state index is 0.435. The number of rotatable bonds is 5. The Morgan fingerprint density at radius 1 is 1.19 bits per heavy atom. The van der Waals surface area contributed by atoms with Gasteiger partial charge in [-0.2, -0.15) is 25.0 Å². The van der Waals surface area contributed by atoms with Crippen molar-refractivity contribution in [1.82, 2.24) is 8.19 Å². The number of nitrogens with zero attached hydrogens (tertiary/aromatic N) is 2. The zero-order valence-electron chi connectivity index (χ0n) is 11.8. The highest BCUT2D eigenvalue weighted by molar-refractivity contribution is 7.85. The fraction of sp³-hybridized carbons (Fsp3) is 0.400. The van der Waals surface area contributed by atoms with Gasteiger partial charge in [0.05, 0.1) is 14.1 Å². The molecular formula is C10H15FN2O6S2. The van der Waals surface area contributed by atoms with Crippen molar-refractivity contribution in [2.24, 2.45) is 0 Å². The summed E-state index contributed by atoms with van der Waals surface area (Å²) in [5, 5.41) is 0. The fourth-order valence-corrected chi connectivity index (χ4v) is 2.21. The Balaban J connectivity index is 3.56. The summed E-state index contributed by atoms with van der Waals surface area (Å²) in [4.78, 5) is 0. The molecule has 0 atom stereocenters. The second-order valence-electron chi connectivity index (χ2n) is 4.69. The Bertz CT molecular complexity index is 743. The predicted molar refractivity (Wildman–Crippen MR) is 73.0 cm³/mol. The maximum absolute atomic E-state index is 13.8. The third-order valence-corrected chi connectivity index (χ3v) is 5.31. The van der Waals surface area contributed by atoms with Crippen molar-refractivity contribution < 1.29 is 30.0 Å². The van der Waals surface area contributed by atoms with Gasteiger partial charge in [-0.15, -0.1) is 0 Å². The van der Waals surface area contributed by atoms with Gasteiger partial charge in [-0.25, -0.2) is 4.39 Å². The van der Waals surface area contributed by atoms with Gasteiger partial charge in [0.2, 0.25) is 5.75 Å². The normalized spacial score (nSPS) is 13.5. The van der Waals surface area contributed by atoms with E-state index in [1.54, 1.807) is 0 Å². The molecule has 1 rings (SSSR count). The van der Waals surface area contributed by atoms with Crippen molar-refractivity contribution in [3.05, 3.63) is 24.0 Å². The zero-order chi connectivity index (χ0) is 16.6. The van der Waals surface area contributed by atoms with Crippen LogP contribution in [0.15, 0.2) is 18.2 Å². The quantitative estimate of drug-likeness (QED) is 0.553. The lowest BCUT2D eigenvalue weighted by Crippen LogP contribution is -2.46. The van der Waals surface area contributed by atoms with Gasteiger partial charge in [-0.05, 0) is 6.07 Å². The van der Waals surface area contributed by atoms with Crippen LogP contribution in [0.2, 0.25) is 0 Å². The maximum Gasteiger partial charge on any atom is 0.384 e. The molecule has 1 aromatic carbocycles. The summed E-state index contributed by atoms with van der Waals surface area (Å²) in [5.41, 5.74) is -0.435. The van der Waals surface area contributed by atoms with Crippen molar-refractivity contribution >= 4 is 26.3 Å². The van der Waals surface area contributed by atoms with Gasteiger partial charge in [0.15, 0.2) is 11.5 Å². The van der Waals surface area contributed by atoms with E-state index in [1.165, 1.54) is 0 Å². The molecule has 0 heterocycles. The summed E-state index contributed by atoms with van der Waals surface area (Å²) in [6.45, 7) is 0. The van der Waals surface area contributed by atoms with E-state index < -0.39 is 41.8 Å². The lowest BCUT2D eigenvalue weighted by atomic mass is 10.2. The average molecular weight is 342 g/mol. The van der Waals surface area contributed by atoms with Crippen LogP contribution in [0.25, 0.3) is 0 Å². The molecule has 0 unspecified atom stereocenters. The molecule has 0 saturated heterocycles. The molecule has 0 bridgehead atoms. The molecule has 0 aromatic heterocycles. The molecule has 11 heteroatoms. The highest BCUT2D eigenvalue weighted by Gasteiger charge is 2.34. The number of hydrogen-bond acceptors (Lipinski definition) is 6. The van der Waals surface area contributed by atoms with Gasteiger partial charge < -0.3 is 8.74 Å². The van der Waals surface area contributed by atoms with E-state index in [9.17, 15) is 25.8 Å². The average Bonchev–Trinajstić information content (AvgIpc) is 2.29. The van der Waals surface area contributed by atoms with E-state index in [2.05, 4.69) is 4.18 Å². The second kappa shape index (κ2) is 5.50. The van der Waals surface area contributed by atoms with Crippen molar-refractivity contribution in [2.75, 3.05) is 28.2 Å². The molecule has 0 aliphatic rings. The van der Waals surface area contributed by atoms with E-state index in [0.29, 0.717) is 4.31 Å². The Morgan fingerprint density at radius 2 is 1.71 bits per heavy atom. The predicted octanol–water partition coefficient (Wildman–Crippen LogP) is 0.0380. The topological polar surface area (TPSA) is 104 Å². The van der Waals surface area contributed by atoms with Crippen LogP contribution in [0.1, 0.15) is 0 Å². The van der Waals surface area contributed by atoms with Gasteiger partial charge >= 0.3 is 10.3 Å². The molecule has 0 N–H and O–H groups in total. The highest BCUT2D eigenvalue weighted by Crippen LogP contribution is 2.36. The Hall–Kier alpha value is -1.27. The molecule has 21 heavy (non-hydrogen) atoms. The maximum atomic E-state index is 13.8. The molecule has 0 amide bonds. The first kappa shape index (κ1) is 17.8. The van der Waals surface area contributed by atoms with E-state index in [4.69, 9.17) is 0 Å². The summed E-state index contributed by atoms with van der Waals surface area (Å²) in [7, 11) is -4.99. The summed E-state index contributed by atoms with van der Waals surface area (Å²) >= 11 is 0. The summed E-state index contributed by atoms with van der Waals surface area (Å²) < 4.78 is 75.1. The first-order valence-corrected chi connectivity index (χ1v) is 8.25. The van der Waals surface area contributed by atoms with Crippen LogP contribution in [0, 0.1) is 5.82 Å². The zero-order valence-corrected chi connectivity index (χ0v) is 13.4. The van der Waals surface area contributed by atoms with E-state index in [0.717, 1.165) is 46.4 Å². The lowest BCUT2D eigenvalue weighted by Gasteiger charge is -2.31. The fourth-order valence-electron chi connectivity index (χ4n) is 1.30. The molecule has 0 fully saturated rings. The minimum Gasteiger partial charge on any atom is -0.701 e. The van der Waals surface area contributed by atoms with Crippen molar-refractivity contribution in [3.63, 3.8) is 0 Å². The third-order valence-electron chi connectivity index (χ3n) is 2.72. The van der Waals surface area contributed by atoms with E-state index in [1.807, 2.05) is 0 Å². The highest BCUT2D eigenvalue weighted by atomic mass is 32.2. The smallest absolute Gasteiger partial charge is 0.384 e. The molecule has 0 aliphatic carbocycles. The number of halogens is 1. The van der Waals surface area contributed by atoms with Gasteiger partial charge in [0, 0.05) is 20.2 Å². The number of benzene rings is 1. The SMILES string of the molecule is CN(C)S(=O)(=O)Oc1c(F)cccc1[N+](C)(C)S(=O)(=O)[O-]. The molecule has 0 aliphatic heterocycles. The van der Waals surface area contributed by atoms with Crippen LogP contribution in [0.5, 0.6) is 5.75 Å². The first-order valence-electron chi connectivity index (χ1n) is 5.51. The molecule has 0 saturated carbocycles. The molecule has 8 nitrogen and oxygen atoms in total. The molecular weight excluding hydrogens is 327 g/mol. The van der Waals surface area contributed by atoms with E-state index in [-0.39, 0.29) is 0 Å². The molecule has 120 valence electrons. The monoisotopic (exact) mass is 342 g/mol. The number of quaternary nitrogens is 1. The number of para-hydroxylation sites is 1. The van der Waals surface area contributed by atoms with Gasteiger partial charge in [0.1, 0.15) is 0 Å². The van der Waals surface area contributed by atoms with Crippen LogP contribution in [0.3, 0.4) is 0 Å². The molecule has 1 aromatic rings. The van der Waals surface area contributed by atoms with Crippen molar-refractivity contribution in [1.29, 1.82) is 0 Å². The third kappa shape index (κ3) is 3.49. The minimum atomic E-state index is -4.94. The Kier molecular flexibility index (Phi) is 4.65. The van der Waals surface area contributed by atoms with Gasteiger partial charge in [-0.1, -0.05) is 6.07 Å². The van der Waals surface area contributed by atoms with Crippen LogP contribution in [0.4, 0.5) is 10.1 Å². The summed E-state index contributed by atoms with van der Waals surface area (Å²) in [6.07, 6.45) is 0. The van der Waals surface area contributed by atoms with Crippen LogP contribution >= 0.6 is 0 Å². The molecule has 0 radical (unpaired) electrons. The number of hydrogen-bond donors (Lipinski definition) is 0. The Labute approximate surface area is 123 Å². The summed E-state index contributed by atoms with van der Waals surface area (Å²) in [5.74, 6) is -1.94. The standard InChI is InChI=1S/C10H15FN2O6S2/c1-12(2)20(14,15)19-10-8(11)6-5-7-9(10)13(3,4)21(16,17)18/h5-7H,1-4H3. The van der Waals surface area contributed by atoms with E-state index >= 15 is 0 Å². The van der Waals surface area contributed by atoms with Crippen LogP contribution < -0.4 is 8.07 Å². The van der Waals surface area contributed by atoms with Crippen LogP contribution in [-0.4, -0.2) is 53.9 Å². The molecule has 0 spiro atoms. The second-order valence-corrected chi connectivity index (χ2v) is 8.21. The van der Waals surface area contributed by atoms with Crippen molar-refractivity contribution in [2.45, 2.75) is 0 Å². The van der Waals surface area contributed by atoms with Gasteiger partial charge in [0.25, 0.3) is 10.3 Å². The largest absolute Gasteiger partial charge is 0.701 e.